The first-order chi connectivity index (χ1) is 10.2. The van der Waals surface area contributed by atoms with E-state index >= 15 is 0 Å². The number of aryl methyl sites for hydroxylation is 2. The fraction of sp³-hybridized carbons (Fsp3) is 0.188. The second-order valence-electron chi connectivity index (χ2n) is 4.81. The number of benzene rings is 1. The Morgan fingerprint density at radius 3 is 2.67 bits per heavy atom. The lowest BCUT2D eigenvalue weighted by atomic mass is 10.1. The minimum absolute atomic E-state index is 0.411. The molecule has 0 spiro atoms. The highest BCUT2D eigenvalue weighted by Gasteiger charge is 2.14. The minimum Gasteiger partial charge on any atom is -0.345 e. The Labute approximate surface area is 122 Å². The topological polar surface area (TPSA) is 67.6 Å². The molecule has 0 saturated carbocycles. The Morgan fingerprint density at radius 1 is 1.29 bits per heavy atom. The normalized spacial score (nSPS) is 10.5. The van der Waals surface area contributed by atoms with E-state index in [9.17, 15) is 0 Å². The number of aromatic nitrogens is 3. The van der Waals surface area contributed by atoms with Crippen LogP contribution in [0.5, 0.6) is 0 Å². The molecule has 2 heterocycles. The largest absolute Gasteiger partial charge is 0.345 e. The Balaban J connectivity index is 1.95. The summed E-state index contributed by atoms with van der Waals surface area (Å²) >= 11 is 0. The van der Waals surface area contributed by atoms with E-state index in [0.717, 1.165) is 17.7 Å². The maximum absolute atomic E-state index is 8.92. The zero-order valence-corrected chi connectivity index (χ0v) is 11.9. The summed E-state index contributed by atoms with van der Waals surface area (Å²) in [5.74, 6) is 0.959. The Kier molecular flexibility index (Phi) is 3.28. The van der Waals surface area contributed by atoms with Crippen LogP contribution >= 0.6 is 0 Å². The molecular weight excluding hydrogens is 264 g/mol. The van der Waals surface area contributed by atoms with Crippen LogP contribution in [0.1, 0.15) is 18.1 Å². The van der Waals surface area contributed by atoms with Crippen molar-refractivity contribution in [3.8, 4) is 29.0 Å². The van der Waals surface area contributed by atoms with E-state index in [1.165, 1.54) is 5.56 Å². The van der Waals surface area contributed by atoms with Gasteiger partial charge in [0.1, 0.15) is 11.8 Å². The van der Waals surface area contributed by atoms with Crippen molar-refractivity contribution in [2.24, 2.45) is 7.05 Å². The fourth-order valence-corrected chi connectivity index (χ4v) is 2.17. The number of hydrogen-bond donors (Lipinski definition) is 0. The van der Waals surface area contributed by atoms with Gasteiger partial charge in [-0.25, -0.2) is 0 Å². The molecular formula is C16H14N4O. The Bertz CT molecular complexity index is 806. The first-order valence-corrected chi connectivity index (χ1v) is 6.71. The molecule has 0 saturated heterocycles. The molecule has 2 aromatic heterocycles. The molecule has 3 rings (SSSR count). The third-order valence-electron chi connectivity index (χ3n) is 3.40. The van der Waals surface area contributed by atoms with Crippen LogP contribution in [0.4, 0.5) is 0 Å². The number of rotatable bonds is 3. The average molecular weight is 278 g/mol. The molecule has 0 aliphatic rings. The van der Waals surface area contributed by atoms with Gasteiger partial charge in [0.05, 0.1) is 5.56 Å². The molecule has 0 radical (unpaired) electrons. The molecule has 0 aliphatic heterocycles. The van der Waals surface area contributed by atoms with E-state index < -0.39 is 0 Å². The smallest absolute Gasteiger partial charge is 0.274 e. The molecule has 0 aliphatic carbocycles. The van der Waals surface area contributed by atoms with Crippen LogP contribution in [0.25, 0.3) is 23.0 Å². The van der Waals surface area contributed by atoms with Crippen molar-refractivity contribution >= 4 is 0 Å². The van der Waals surface area contributed by atoms with Crippen LogP contribution in [0.2, 0.25) is 0 Å². The summed E-state index contributed by atoms with van der Waals surface area (Å²) < 4.78 is 7.11. The van der Waals surface area contributed by atoms with Crippen molar-refractivity contribution < 1.29 is 4.52 Å². The maximum atomic E-state index is 8.92. The fourth-order valence-electron chi connectivity index (χ4n) is 2.17. The molecule has 0 amide bonds. The van der Waals surface area contributed by atoms with Crippen LogP contribution in [-0.4, -0.2) is 14.7 Å². The molecule has 0 atom stereocenters. The number of hydrogen-bond acceptors (Lipinski definition) is 4. The quantitative estimate of drug-likeness (QED) is 0.738. The van der Waals surface area contributed by atoms with E-state index in [-0.39, 0.29) is 0 Å². The van der Waals surface area contributed by atoms with Gasteiger partial charge in [0.2, 0.25) is 5.82 Å². The van der Waals surface area contributed by atoms with Crippen molar-refractivity contribution in [1.82, 2.24) is 14.7 Å². The number of nitrogens with zero attached hydrogens (tertiary/aromatic N) is 4. The maximum Gasteiger partial charge on any atom is 0.274 e. The van der Waals surface area contributed by atoms with E-state index in [4.69, 9.17) is 9.78 Å². The van der Waals surface area contributed by atoms with Gasteiger partial charge >= 0.3 is 0 Å². The van der Waals surface area contributed by atoms with Gasteiger partial charge in [-0.2, -0.15) is 10.2 Å². The van der Waals surface area contributed by atoms with Gasteiger partial charge in [0.25, 0.3) is 5.89 Å². The van der Waals surface area contributed by atoms with E-state index in [2.05, 4.69) is 35.3 Å². The van der Waals surface area contributed by atoms with Gasteiger partial charge in [-0.15, -0.1) is 0 Å². The van der Waals surface area contributed by atoms with E-state index in [1.807, 2.05) is 19.2 Å². The molecule has 5 nitrogen and oxygen atoms in total. The molecule has 104 valence electrons. The average Bonchev–Trinajstić information content (AvgIpc) is 3.13. The highest BCUT2D eigenvalue weighted by atomic mass is 16.5. The van der Waals surface area contributed by atoms with Gasteiger partial charge in [0, 0.05) is 18.8 Å². The third-order valence-corrected chi connectivity index (χ3v) is 3.40. The molecule has 21 heavy (non-hydrogen) atoms. The van der Waals surface area contributed by atoms with E-state index in [1.54, 1.807) is 16.8 Å². The predicted molar refractivity (Wildman–Crippen MR) is 78.2 cm³/mol. The summed E-state index contributed by atoms with van der Waals surface area (Å²) in [6, 6.07) is 11.9. The van der Waals surface area contributed by atoms with Crippen LogP contribution in [-0.2, 0) is 13.5 Å². The highest BCUT2D eigenvalue weighted by molar-refractivity contribution is 5.59. The molecule has 1 aromatic carbocycles. The first kappa shape index (κ1) is 13.1. The van der Waals surface area contributed by atoms with Crippen molar-refractivity contribution in [2.75, 3.05) is 0 Å². The lowest BCUT2D eigenvalue weighted by Crippen LogP contribution is -1.89. The van der Waals surface area contributed by atoms with Crippen molar-refractivity contribution in [2.45, 2.75) is 13.3 Å². The Morgan fingerprint density at radius 2 is 2.05 bits per heavy atom. The summed E-state index contributed by atoms with van der Waals surface area (Å²) in [5.41, 5.74) is 3.48. The Hall–Kier alpha value is -2.87. The monoisotopic (exact) mass is 278 g/mol. The lowest BCUT2D eigenvalue weighted by Gasteiger charge is -1.97. The van der Waals surface area contributed by atoms with Gasteiger partial charge < -0.3 is 9.09 Å². The highest BCUT2D eigenvalue weighted by Crippen LogP contribution is 2.23. The summed E-state index contributed by atoms with van der Waals surface area (Å²) in [6.45, 7) is 2.11. The van der Waals surface area contributed by atoms with Crippen molar-refractivity contribution in [3.63, 3.8) is 0 Å². The van der Waals surface area contributed by atoms with Gasteiger partial charge in [-0.3, -0.25) is 0 Å². The molecule has 0 N–H and O–H groups in total. The first-order valence-electron chi connectivity index (χ1n) is 6.71. The summed E-state index contributed by atoms with van der Waals surface area (Å²) in [4.78, 5) is 4.41. The van der Waals surface area contributed by atoms with Crippen LogP contribution < -0.4 is 0 Å². The van der Waals surface area contributed by atoms with E-state index in [0.29, 0.717) is 17.3 Å². The zero-order valence-electron chi connectivity index (χ0n) is 11.9. The zero-order chi connectivity index (χ0) is 14.8. The van der Waals surface area contributed by atoms with Crippen LogP contribution in [0, 0.1) is 11.3 Å². The van der Waals surface area contributed by atoms with Gasteiger partial charge in [0.15, 0.2) is 0 Å². The van der Waals surface area contributed by atoms with Gasteiger partial charge in [-0.1, -0.05) is 36.3 Å². The molecule has 0 bridgehead atoms. The van der Waals surface area contributed by atoms with Gasteiger partial charge in [-0.05, 0) is 18.1 Å². The summed E-state index contributed by atoms with van der Waals surface area (Å²) in [6.07, 6.45) is 2.73. The molecule has 0 unspecified atom stereocenters. The second-order valence-corrected chi connectivity index (χ2v) is 4.81. The molecule has 3 aromatic rings. The standard InChI is InChI=1S/C16H14N4O/c1-3-11-4-6-13(7-5-11)15-18-16(21-19-15)14-8-12(9-17)10-20(14)2/h4-8,10H,3H2,1-2H3. The summed E-state index contributed by atoms with van der Waals surface area (Å²) in [5, 5.41) is 12.9. The number of nitriles is 1. The second kappa shape index (κ2) is 5.25. The lowest BCUT2D eigenvalue weighted by molar-refractivity contribution is 0.429. The SMILES string of the molecule is CCc1ccc(-c2noc(-c3cc(C#N)cn3C)n2)cc1. The van der Waals surface area contributed by atoms with Crippen LogP contribution in [0.3, 0.4) is 0 Å². The molecule has 5 heteroatoms. The molecule has 0 fully saturated rings. The summed E-state index contributed by atoms with van der Waals surface area (Å²) in [7, 11) is 1.84. The predicted octanol–water partition coefficient (Wildman–Crippen LogP) is 3.18. The van der Waals surface area contributed by atoms with Crippen molar-refractivity contribution in [3.05, 3.63) is 47.7 Å². The minimum atomic E-state index is 0.411. The van der Waals surface area contributed by atoms with Crippen molar-refractivity contribution in [1.29, 1.82) is 5.26 Å². The third kappa shape index (κ3) is 2.43. The van der Waals surface area contributed by atoms with Crippen LogP contribution in [0.15, 0.2) is 41.1 Å².